The van der Waals surface area contributed by atoms with Gasteiger partial charge in [-0.05, 0) is 23.6 Å². The van der Waals surface area contributed by atoms with E-state index in [1.54, 1.807) is 11.1 Å². The molecule has 0 saturated heterocycles. The predicted octanol–water partition coefficient (Wildman–Crippen LogP) is 1.36. The maximum Gasteiger partial charge on any atom is 0.243 e. The highest BCUT2D eigenvalue weighted by Crippen LogP contribution is 2.23. The molecule has 0 bridgehead atoms. The van der Waals surface area contributed by atoms with Crippen LogP contribution >= 0.6 is 0 Å². The Balaban J connectivity index is 1.59. The van der Waals surface area contributed by atoms with Crippen molar-refractivity contribution in [3.8, 4) is 0 Å². The Morgan fingerprint density at radius 1 is 1.25 bits per heavy atom. The van der Waals surface area contributed by atoms with E-state index in [0.29, 0.717) is 19.5 Å². The van der Waals surface area contributed by atoms with Crippen molar-refractivity contribution < 1.29 is 9.59 Å². The van der Waals surface area contributed by atoms with Gasteiger partial charge in [-0.2, -0.15) is 5.10 Å². The highest BCUT2D eigenvalue weighted by atomic mass is 16.2. The van der Waals surface area contributed by atoms with Gasteiger partial charge in [-0.25, -0.2) is 0 Å². The Bertz CT molecular complexity index is 712. The number of carbonyl (C=O) groups excluding carboxylic acids is 2. The number of carbonyl (C=O) groups is 2. The molecule has 1 aliphatic rings. The summed E-state index contributed by atoms with van der Waals surface area (Å²) < 4.78 is 1.84. The molecule has 6 heteroatoms. The lowest BCUT2D eigenvalue weighted by molar-refractivity contribution is -0.140. The van der Waals surface area contributed by atoms with Crippen molar-refractivity contribution in [3.05, 3.63) is 53.9 Å². The minimum Gasteiger partial charge on any atom is -0.354 e. The van der Waals surface area contributed by atoms with Crippen LogP contribution in [-0.2, 0) is 29.1 Å². The van der Waals surface area contributed by atoms with Crippen LogP contribution in [-0.4, -0.2) is 39.1 Å². The number of amides is 2. The molecule has 0 radical (unpaired) electrons. The standard InChI is InChI=1S/C18H22N4O2/c1-14(23)22-13-16-7-3-2-6-15(16)12-17(22)18(24)19-8-4-10-21-11-5-9-20-21/h2-3,5-7,9,11,17H,4,8,10,12-13H2,1H3,(H,19,24)/t17-/m1/s1. The first kappa shape index (κ1) is 16.2. The lowest BCUT2D eigenvalue weighted by atomic mass is 9.93. The highest BCUT2D eigenvalue weighted by Gasteiger charge is 2.32. The van der Waals surface area contributed by atoms with Crippen LogP contribution in [0.4, 0.5) is 0 Å². The second kappa shape index (κ2) is 7.29. The zero-order valence-corrected chi connectivity index (χ0v) is 13.8. The molecular formula is C18H22N4O2. The highest BCUT2D eigenvalue weighted by molar-refractivity contribution is 5.87. The van der Waals surface area contributed by atoms with Gasteiger partial charge in [-0.1, -0.05) is 24.3 Å². The average molecular weight is 326 g/mol. The summed E-state index contributed by atoms with van der Waals surface area (Å²) in [6.07, 6.45) is 5.01. The van der Waals surface area contributed by atoms with Gasteiger partial charge in [0, 0.05) is 45.4 Å². The molecule has 0 aliphatic carbocycles. The number of nitrogens with zero attached hydrogens (tertiary/aromatic N) is 3. The number of nitrogens with one attached hydrogen (secondary N) is 1. The monoisotopic (exact) mass is 326 g/mol. The quantitative estimate of drug-likeness (QED) is 0.844. The number of hydrogen-bond donors (Lipinski definition) is 1. The Kier molecular flexibility index (Phi) is 4.93. The summed E-state index contributed by atoms with van der Waals surface area (Å²) in [4.78, 5) is 26.2. The maximum atomic E-state index is 12.6. The number of aromatic nitrogens is 2. The first-order valence-corrected chi connectivity index (χ1v) is 8.24. The van der Waals surface area contributed by atoms with Gasteiger partial charge < -0.3 is 10.2 Å². The van der Waals surface area contributed by atoms with Crippen LogP contribution in [0.2, 0.25) is 0 Å². The van der Waals surface area contributed by atoms with E-state index < -0.39 is 6.04 Å². The third-order valence-electron chi connectivity index (χ3n) is 4.38. The molecule has 1 aromatic heterocycles. The molecule has 2 heterocycles. The van der Waals surface area contributed by atoms with Crippen LogP contribution < -0.4 is 5.32 Å². The molecule has 3 rings (SSSR count). The normalized spacial score (nSPS) is 16.5. The van der Waals surface area contributed by atoms with Crippen LogP contribution in [0.3, 0.4) is 0 Å². The third-order valence-corrected chi connectivity index (χ3v) is 4.38. The van der Waals surface area contributed by atoms with Crippen molar-refractivity contribution in [2.24, 2.45) is 0 Å². The molecule has 0 fully saturated rings. The van der Waals surface area contributed by atoms with Gasteiger partial charge in [0.2, 0.25) is 11.8 Å². The SMILES string of the molecule is CC(=O)N1Cc2ccccc2C[C@@H]1C(=O)NCCCn1cccn1. The van der Waals surface area contributed by atoms with Crippen LogP contribution in [0.15, 0.2) is 42.7 Å². The first-order chi connectivity index (χ1) is 11.6. The summed E-state index contributed by atoms with van der Waals surface area (Å²) in [7, 11) is 0. The van der Waals surface area contributed by atoms with Gasteiger partial charge >= 0.3 is 0 Å². The van der Waals surface area contributed by atoms with Crippen molar-refractivity contribution in [2.45, 2.75) is 38.9 Å². The second-order valence-corrected chi connectivity index (χ2v) is 6.05. The molecule has 2 aromatic rings. The van der Waals surface area contributed by atoms with Gasteiger partial charge in [0.1, 0.15) is 6.04 Å². The molecule has 0 saturated carbocycles. The molecule has 1 N–H and O–H groups in total. The molecule has 1 atom stereocenters. The van der Waals surface area contributed by atoms with E-state index in [4.69, 9.17) is 0 Å². The number of aryl methyl sites for hydroxylation is 1. The van der Waals surface area contributed by atoms with Gasteiger partial charge in [0.25, 0.3) is 0 Å². The second-order valence-electron chi connectivity index (χ2n) is 6.05. The van der Waals surface area contributed by atoms with Crippen molar-refractivity contribution in [2.75, 3.05) is 6.54 Å². The van der Waals surface area contributed by atoms with Crippen molar-refractivity contribution >= 4 is 11.8 Å². The van der Waals surface area contributed by atoms with Gasteiger partial charge in [0.05, 0.1) is 0 Å². The number of hydrogen-bond acceptors (Lipinski definition) is 3. The fourth-order valence-corrected chi connectivity index (χ4v) is 3.09. The molecule has 24 heavy (non-hydrogen) atoms. The fraction of sp³-hybridized carbons (Fsp3) is 0.389. The summed E-state index contributed by atoms with van der Waals surface area (Å²) in [6, 6.07) is 9.44. The summed E-state index contributed by atoms with van der Waals surface area (Å²) in [5.74, 6) is -0.152. The van der Waals surface area contributed by atoms with E-state index in [-0.39, 0.29) is 11.8 Å². The van der Waals surface area contributed by atoms with Crippen molar-refractivity contribution in [3.63, 3.8) is 0 Å². The van der Waals surface area contributed by atoms with Gasteiger partial charge in [-0.3, -0.25) is 14.3 Å². The molecule has 0 spiro atoms. The predicted molar refractivity (Wildman–Crippen MR) is 90.0 cm³/mol. The Morgan fingerprint density at radius 2 is 2.04 bits per heavy atom. The Hall–Kier alpha value is -2.63. The van der Waals surface area contributed by atoms with E-state index in [0.717, 1.165) is 24.1 Å². The van der Waals surface area contributed by atoms with E-state index in [9.17, 15) is 9.59 Å². The summed E-state index contributed by atoms with van der Waals surface area (Å²) in [6.45, 7) is 3.35. The van der Waals surface area contributed by atoms with Crippen molar-refractivity contribution in [1.29, 1.82) is 0 Å². The largest absolute Gasteiger partial charge is 0.354 e. The first-order valence-electron chi connectivity index (χ1n) is 8.24. The summed E-state index contributed by atoms with van der Waals surface area (Å²) in [5.41, 5.74) is 2.27. The van der Waals surface area contributed by atoms with Crippen LogP contribution in [0.1, 0.15) is 24.5 Å². The smallest absolute Gasteiger partial charge is 0.243 e. The topological polar surface area (TPSA) is 67.2 Å². The molecule has 1 aliphatic heterocycles. The van der Waals surface area contributed by atoms with Crippen LogP contribution in [0.5, 0.6) is 0 Å². The fourth-order valence-electron chi connectivity index (χ4n) is 3.09. The number of fused-ring (bicyclic) bond motifs is 1. The maximum absolute atomic E-state index is 12.6. The molecule has 126 valence electrons. The summed E-state index contributed by atoms with van der Waals surface area (Å²) in [5, 5.41) is 7.09. The van der Waals surface area contributed by atoms with E-state index >= 15 is 0 Å². The molecule has 2 amide bonds. The van der Waals surface area contributed by atoms with Crippen LogP contribution in [0.25, 0.3) is 0 Å². The number of rotatable bonds is 5. The van der Waals surface area contributed by atoms with E-state index in [1.165, 1.54) is 6.92 Å². The Morgan fingerprint density at radius 3 is 2.75 bits per heavy atom. The van der Waals surface area contributed by atoms with E-state index in [2.05, 4.69) is 10.4 Å². The zero-order chi connectivity index (χ0) is 16.9. The molecule has 1 aromatic carbocycles. The van der Waals surface area contributed by atoms with Crippen LogP contribution in [0, 0.1) is 0 Å². The van der Waals surface area contributed by atoms with Gasteiger partial charge in [-0.15, -0.1) is 0 Å². The lowest BCUT2D eigenvalue weighted by Gasteiger charge is -2.35. The van der Waals surface area contributed by atoms with E-state index in [1.807, 2.05) is 41.2 Å². The molecule has 6 nitrogen and oxygen atoms in total. The lowest BCUT2D eigenvalue weighted by Crippen LogP contribution is -2.52. The average Bonchev–Trinajstić information content (AvgIpc) is 3.10. The summed E-state index contributed by atoms with van der Waals surface area (Å²) >= 11 is 0. The molecular weight excluding hydrogens is 304 g/mol. The number of benzene rings is 1. The third kappa shape index (κ3) is 3.64. The van der Waals surface area contributed by atoms with Gasteiger partial charge in [0.15, 0.2) is 0 Å². The Labute approximate surface area is 141 Å². The van der Waals surface area contributed by atoms with Crippen molar-refractivity contribution in [1.82, 2.24) is 20.0 Å². The minimum absolute atomic E-state index is 0.0683. The zero-order valence-electron chi connectivity index (χ0n) is 13.8. The molecule has 0 unspecified atom stereocenters. The minimum atomic E-state index is -0.429.